The molecular formula is C18H26N4O2S. The van der Waals surface area contributed by atoms with Crippen LogP contribution in [-0.2, 0) is 0 Å². The van der Waals surface area contributed by atoms with Crippen molar-refractivity contribution in [1.29, 1.82) is 0 Å². The van der Waals surface area contributed by atoms with Crippen molar-refractivity contribution in [2.24, 2.45) is 4.99 Å². The summed E-state index contributed by atoms with van der Waals surface area (Å²) in [7, 11) is 3.18. The van der Waals surface area contributed by atoms with E-state index in [2.05, 4.69) is 59.4 Å². The van der Waals surface area contributed by atoms with Gasteiger partial charge in [0.15, 0.2) is 0 Å². The second-order valence-corrected chi connectivity index (χ2v) is 7.22. The lowest BCUT2D eigenvalue weighted by Crippen LogP contribution is -2.47. The SMILES string of the molecule is CO.Cc1cc2c(s1)Nc1ccccc1N=C2N1CCN(C)CC1.O. The van der Waals surface area contributed by atoms with E-state index in [4.69, 9.17) is 10.1 Å². The van der Waals surface area contributed by atoms with Crippen molar-refractivity contribution in [2.45, 2.75) is 6.92 Å². The highest BCUT2D eigenvalue weighted by Gasteiger charge is 2.25. The number of hydrogen-bond donors (Lipinski definition) is 2. The van der Waals surface area contributed by atoms with Gasteiger partial charge in [-0.15, -0.1) is 11.3 Å². The van der Waals surface area contributed by atoms with E-state index in [1.165, 1.54) is 15.4 Å². The second kappa shape index (κ2) is 8.44. The highest BCUT2D eigenvalue weighted by molar-refractivity contribution is 7.16. The molecule has 136 valence electrons. The lowest BCUT2D eigenvalue weighted by molar-refractivity contribution is 0.216. The summed E-state index contributed by atoms with van der Waals surface area (Å²) < 4.78 is 0. The van der Waals surface area contributed by atoms with Crippen molar-refractivity contribution in [3.8, 4) is 0 Å². The summed E-state index contributed by atoms with van der Waals surface area (Å²) in [6, 6.07) is 10.6. The van der Waals surface area contributed by atoms with Crippen LogP contribution < -0.4 is 5.32 Å². The molecule has 0 amide bonds. The largest absolute Gasteiger partial charge is 0.412 e. The molecule has 2 aromatic rings. The van der Waals surface area contributed by atoms with Crippen LogP contribution in [0.1, 0.15) is 10.4 Å². The zero-order valence-electron chi connectivity index (χ0n) is 14.9. The molecule has 0 unspecified atom stereocenters. The summed E-state index contributed by atoms with van der Waals surface area (Å²) in [6.45, 7) is 6.41. The van der Waals surface area contributed by atoms with Gasteiger partial charge in [0.2, 0.25) is 0 Å². The van der Waals surface area contributed by atoms with Crippen molar-refractivity contribution < 1.29 is 10.6 Å². The Labute approximate surface area is 152 Å². The smallest absolute Gasteiger partial charge is 0.139 e. The first-order valence-electron chi connectivity index (χ1n) is 8.14. The Bertz CT molecular complexity index is 736. The number of nitrogens with zero attached hydrogens (tertiary/aromatic N) is 3. The van der Waals surface area contributed by atoms with Crippen LogP contribution in [0.25, 0.3) is 0 Å². The van der Waals surface area contributed by atoms with Gasteiger partial charge in [0.1, 0.15) is 10.8 Å². The number of para-hydroxylation sites is 2. The molecule has 6 nitrogen and oxygen atoms in total. The summed E-state index contributed by atoms with van der Waals surface area (Å²) in [4.78, 5) is 11.1. The topological polar surface area (TPSA) is 82.6 Å². The molecule has 1 aromatic carbocycles. The molecule has 4 N–H and O–H groups in total. The van der Waals surface area contributed by atoms with Gasteiger partial charge in [0.25, 0.3) is 0 Å². The quantitative estimate of drug-likeness (QED) is 0.753. The van der Waals surface area contributed by atoms with Gasteiger partial charge >= 0.3 is 0 Å². The molecule has 0 atom stereocenters. The Morgan fingerprint density at radius 2 is 1.80 bits per heavy atom. The number of thiophene rings is 1. The van der Waals surface area contributed by atoms with Crippen LogP contribution >= 0.6 is 11.3 Å². The van der Waals surface area contributed by atoms with Gasteiger partial charge in [0.05, 0.1) is 16.9 Å². The van der Waals surface area contributed by atoms with Crippen LogP contribution in [0, 0.1) is 6.92 Å². The number of amidine groups is 1. The molecule has 2 aliphatic heterocycles. The molecule has 0 radical (unpaired) electrons. The van der Waals surface area contributed by atoms with E-state index in [1.807, 2.05) is 0 Å². The first kappa shape index (κ1) is 19.4. The van der Waals surface area contributed by atoms with E-state index in [1.54, 1.807) is 11.3 Å². The standard InChI is InChI=1S/C17H20N4S.CH4O.H2O/c1-12-11-13-16(21-9-7-20(2)8-10-21)18-14-5-3-4-6-15(14)19-17(13)22-12;1-2;/h3-6,11,19H,7-10H2,1-2H3;2H,1H3;1H2. The van der Waals surface area contributed by atoms with Crippen LogP contribution in [0.3, 0.4) is 0 Å². The summed E-state index contributed by atoms with van der Waals surface area (Å²) in [6.07, 6.45) is 0. The number of aliphatic hydroxyl groups excluding tert-OH is 1. The monoisotopic (exact) mass is 362 g/mol. The summed E-state index contributed by atoms with van der Waals surface area (Å²) >= 11 is 1.81. The van der Waals surface area contributed by atoms with Crippen LogP contribution in [0.5, 0.6) is 0 Å². The van der Waals surface area contributed by atoms with Gasteiger partial charge in [-0.1, -0.05) is 12.1 Å². The fourth-order valence-electron chi connectivity index (χ4n) is 3.01. The third-order valence-electron chi connectivity index (χ3n) is 4.28. The predicted molar refractivity (Wildman–Crippen MR) is 106 cm³/mol. The number of fused-ring (bicyclic) bond motifs is 2. The van der Waals surface area contributed by atoms with Gasteiger partial charge in [-0.2, -0.15) is 0 Å². The highest BCUT2D eigenvalue weighted by Crippen LogP contribution is 2.39. The lowest BCUT2D eigenvalue weighted by atomic mass is 10.2. The lowest BCUT2D eigenvalue weighted by Gasteiger charge is -2.34. The van der Waals surface area contributed by atoms with E-state index in [9.17, 15) is 0 Å². The number of rotatable bonds is 0. The molecule has 4 rings (SSSR count). The fourth-order valence-corrected chi connectivity index (χ4v) is 3.93. The van der Waals surface area contributed by atoms with Crippen molar-refractivity contribution in [2.75, 3.05) is 45.7 Å². The Kier molecular flexibility index (Phi) is 6.55. The van der Waals surface area contributed by atoms with Gasteiger partial charge < -0.3 is 25.7 Å². The van der Waals surface area contributed by atoms with Gasteiger partial charge in [-0.3, -0.25) is 0 Å². The fraction of sp³-hybridized carbons (Fsp3) is 0.389. The zero-order chi connectivity index (χ0) is 17.1. The number of nitrogens with one attached hydrogen (secondary N) is 1. The molecule has 7 heteroatoms. The van der Waals surface area contributed by atoms with E-state index < -0.39 is 0 Å². The van der Waals surface area contributed by atoms with E-state index >= 15 is 0 Å². The van der Waals surface area contributed by atoms with Crippen molar-refractivity contribution >= 4 is 33.5 Å². The molecule has 1 aromatic heterocycles. The zero-order valence-corrected chi connectivity index (χ0v) is 15.7. The molecule has 0 bridgehead atoms. The number of aryl methyl sites for hydroxylation is 1. The molecule has 3 heterocycles. The normalized spacial score (nSPS) is 16.2. The Morgan fingerprint density at radius 1 is 1.12 bits per heavy atom. The van der Waals surface area contributed by atoms with E-state index in [0.29, 0.717) is 0 Å². The average molecular weight is 362 g/mol. The Balaban J connectivity index is 0.000000726. The number of hydrogen-bond acceptors (Lipinski definition) is 6. The summed E-state index contributed by atoms with van der Waals surface area (Å²) in [5.41, 5.74) is 3.36. The van der Waals surface area contributed by atoms with Gasteiger partial charge in [-0.25, -0.2) is 4.99 Å². The first-order chi connectivity index (χ1) is 11.7. The number of anilines is 2. The molecule has 0 aliphatic carbocycles. The van der Waals surface area contributed by atoms with Crippen LogP contribution in [0.2, 0.25) is 0 Å². The Morgan fingerprint density at radius 3 is 2.52 bits per heavy atom. The summed E-state index contributed by atoms with van der Waals surface area (Å²) in [5.74, 6) is 1.12. The first-order valence-corrected chi connectivity index (χ1v) is 8.96. The van der Waals surface area contributed by atoms with Crippen molar-refractivity contribution in [3.05, 3.63) is 40.8 Å². The maximum Gasteiger partial charge on any atom is 0.139 e. The predicted octanol–water partition coefficient (Wildman–Crippen LogP) is 2.22. The van der Waals surface area contributed by atoms with Crippen LogP contribution in [-0.4, -0.2) is 66.6 Å². The molecule has 2 aliphatic rings. The minimum Gasteiger partial charge on any atom is -0.412 e. The maximum atomic E-state index is 7.00. The van der Waals surface area contributed by atoms with Crippen LogP contribution in [0.15, 0.2) is 35.3 Å². The van der Waals surface area contributed by atoms with E-state index in [-0.39, 0.29) is 5.48 Å². The molecular weight excluding hydrogens is 336 g/mol. The molecule has 25 heavy (non-hydrogen) atoms. The molecule has 0 spiro atoms. The van der Waals surface area contributed by atoms with E-state index in [0.717, 1.165) is 50.5 Å². The number of piperazine rings is 1. The number of benzene rings is 1. The summed E-state index contributed by atoms with van der Waals surface area (Å²) in [5, 5.41) is 11.8. The maximum absolute atomic E-state index is 7.00. The van der Waals surface area contributed by atoms with Crippen LogP contribution in [0.4, 0.5) is 16.4 Å². The molecule has 0 saturated carbocycles. The molecule has 1 saturated heterocycles. The number of likely N-dealkylation sites (N-methyl/N-ethyl adjacent to an activating group) is 1. The molecule has 1 fully saturated rings. The van der Waals surface area contributed by atoms with Gasteiger partial charge in [0, 0.05) is 38.2 Å². The van der Waals surface area contributed by atoms with Crippen molar-refractivity contribution in [3.63, 3.8) is 0 Å². The second-order valence-electron chi connectivity index (χ2n) is 5.97. The van der Waals surface area contributed by atoms with Gasteiger partial charge in [-0.05, 0) is 32.2 Å². The highest BCUT2D eigenvalue weighted by atomic mass is 32.1. The third kappa shape index (κ3) is 4.01. The Hall–Kier alpha value is -1.93. The third-order valence-corrected chi connectivity index (χ3v) is 5.24. The number of aliphatic imine (C=N–C) groups is 1. The van der Waals surface area contributed by atoms with Crippen molar-refractivity contribution in [1.82, 2.24) is 9.80 Å². The minimum absolute atomic E-state index is 0. The minimum atomic E-state index is 0. The average Bonchev–Trinajstić information content (AvgIpc) is 2.89. The number of aliphatic hydroxyl groups is 1.